The van der Waals surface area contributed by atoms with Crippen LogP contribution in [0.4, 0.5) is 0 Å². The van der Waals surface area contributed by atoms with Crippen LogP contribution in [-0.4, -0.2) is 53.9 Å². The second-order valence-electron chi connectivity index (χ2n) is 7.73. The van der Waals surface area contributed by atoms with Crippen LogP contribution >= 0.6 is 0 Å². The molecule has 2 rings (SSSR count). The summed E-state index contributed by atoms with van der Waals surface area (Å²) < 4.78 is 7.11. The summed E-state index contributed by atoms with van der Waals surface area (Å²) in [5.74, 6) is 3.04. The predicted molar refractivity (Wildman–Crippen MR) is 117 cm³/mol. The molecule has 164 valence electrons. The lowest BCUT2D eigenvalue weighted by Gasteiger charge is -2.24. The van der Waals surface area contributed by atoms with E-state index in [-0.39, 0.29) is 5.91 Å². The molecule has 0 saturated heterocycles. The second kappa shape index (κ2) is 10.6. The fourth-order valence-electron chi connectivity index (χ4n) is 2.75. The highest BCUT2D eigenvalue weighted by atomic mass is 16.5. The summed E-state index contributed by atoms with van der Waals surface area (Å²) in [6, 6.07) is 7.99. The molecule has 1 aromatic heterocycles. The van der Waals surface area contributed by atoms with Gasteiger partial charge in [0.1, 0.15) is 18.1 Å². The van der Waals surface area contributed by atoms with E-state index in [9.17, 15) is 4.79 Å². The van der Waals surface area contributed by atoms with Gasteiger partial charge in [0.05, 0.1) is 12.5 Å². The highest BCUT2D eigenvalue weighted by Gasteiger charge is 2.26. The van der Waals surface area contributed by atoms with Crippen molar-refractivity contribution in [1.82, 2.24) is 30.7 Å². The molecule has 0 aliphatic heterocycles. The van der Waals surface area contributed by atoms with Gasteiger partial charge in [-0.1, -0.05) is 12.1 Å². The van der Waals surface area contributed by atoms with E-state index >= 15 is 0 Å². The van der Waals surface area contributed by atoms with Crippen molar-refractivity contribution in [3.8, 4) is 5.75 Å². The first-order valence-electron chi connectivity index (χ1n) is 9.99. The van der Waals surface area contributed by atoms with E-state index in [1.54, 1.807) is 14.2 Å². The fourth-order valence-corrected chi connectivity index (χ4v) is 2.75. The van der Waals surface area contributed by atoms with Gasteiger partial charge in [-0.2, -0.15) is 0 Å². The first kappa shape index (κ1) is 23.2. The van der Waals surface area contributed by atoms with Gasteiger partial charge in [-0.25, -0.2) is 4.99 Å². The van der Waals surface area contributed by atoms with E-state index in [2.05, 4.69) is 31.1 Å². The summed E-state index contributed by atoms with van der Waals surface area (Å²) in [5.41, 5.74) is 0.617. The van der Waals surface area contributed by atoms with Gasteiger partial charge in [-0.05, 0) is 44.9 Å². The molecule has 0 radical (unpaired) electrons. The molecule has 3 N–H and O–H groups in total. The predicted octanol–water partition coefficient (Wildman–Crippen LogP) is 1.18. The van der Waals surface area contributed by atoms with Crippen molar-refractivity contribution in [2.75, 3.05) is 27.2 Å². The molecular weight excluding hydrogens is 382 g/mol. The van der Waals surface area contributed by atoms with Crippen LogP contribution in [0.2, 0.25) is 0 Å². The molecule has 1 amide bonds. The molecule has 0 fully saturated rings. The maximum absolute atomic E-state index is 12.1. The Kier molecular flexibility index (Phi) is 8.20. The van der Waals surface area contributed by atoms with E-state index in [1.165, 1.54) is 5.56 Å². The number of aliphatic imine (C=N–C) groups is 1. The van der Waals surface area contributed by atoms with Crippen LogP contribution in [0.15, 0.2) is 29.3 Å². The summed E-state index contributed by atoms with van der Waals surface area (Å²) >= 11 is 0. The molecule has 1 heterocycles. The molecule has 0 saturated carbocycles. The zero-order chi connectivity index (χ0) is 22.1. The monoisotopic (exact) mass is 415 g/mol. The Morgan fingerprint density at radius 3 is 2.47 bits per heavy atom. The molecular formula is C21H33N7O2. The third-order valence-electron chi connectivity index (χ3n) is 4.97. The topological polar surface area (TPSA) is 105 Å². The van der Waals surface area contributed by atoms with Crippen LogP contribution in [0, 0.1) is 12.3 Å². The van der Waals surface area contributed by atoms with Crippen LogP contribution in [0.25, 0.3) is 0 Å². The maximum Gasteiger partial charge on any atom is 0.227 e. The lowest BCUT2D eigenvalue weighted by Crippen LogP contribution is -2.47. The van der Waals surface area contributed by atoms with Gasteiger partial charge in [-0.15, -0.1) is 10.2 Å². The number of nitrogens with one attached hydrogen (secondary N) is 3. The number of ether oxygens (including phenoxy) is 1. The minimum Gasteiger partial charge on any atom is -0.497 e. The van der Waals surface area contributed by atoms with Crippen LogP contribution in [-0.2, 0) is 24.8 Å². The average Bonchev–Trinajstić information content (AvgIpc) is 3.07. The Bertz CT molecular complexity index is 857. The first-order chi connectivity index (χ1) is 14.3. The van der Waals surface area contributed by atoms with Gasteiger partial charge in [-0.3, -0.25) is 4.79 Å². The number of hydrogen-bond donors (Lipinski definition) is 3. The maximum atomic E-state index is 12.1. The van der Waals surface area contributed by atoms with Gasteiger partial charge in [0.2, 0.25) is 5.91 Å². The third-order valence-corrected chi connectivity index (χ3v) is 4.97. The van der Waals surface area contributed by atoms with Gasteiger partial charge in [0.25, 0.3) is 0 Å². The Hall–Kier alpha value is -3.10. The van der Waals surface area contributed by atoms with Crippen molar-refractivity contribution in [3.05, 3.63) is 41.5 Å². The Balaban J connectivity index is 2.02. The highest BCUT2D eigenvalue weighted by Crippen LogP contribution is 2.13. The highest BCUT2D eigenvalue weighted by molar-refractivity contribution is 5.84. The minimum absolute atomic E-state index is 0.0310. The molecule has 0 unspecified atom stereocenters. The molecule has 0 spiro atoms. The Morgan fingerprint density at radius 1 is 1.20 bits per heavy atom. The Labute approximate surface area is 178 Å². The van der Waals surface area contributed by atoms with Crippen LogP contribution in [0.1, 0.15) is 31.1 Å². The SMILES string of the molecule is CNC(=O)C(C)(C)CNC(=NCc1nnc(C)n1C)NCCc1ccc(OC)cc1. The molecule has 9 heteroatoms. The number of guanidine groups is 1. The number of amides is 1. The van der Waals surface area contributed by atoms with Crippen LogP contribution < -0.4 is 20.7 Å². The molecule has 30 heavy (non-hydrogen) atoms. The van der Waals surface area contributed by atoms with Crippen molar-refractivity contribution in [1.29, 1.82) is 0 Å². The number of nitrogens with zero attached hydrogens (tertiary/aromatic N) is 4. The van der Waals surface area contributed by atoms with Crippen LogP contribution in [0.5, 0.6) is 5.75 Å². The van der Waals surface area contributed by atoms with Crippen LogP contribution in [0.3, 0.4) is 0 Å². The quantitative estimate of drug-likeness (QED) is 0.420. The fraction of sp³-hybridized carbons (Fsp3) is 0.524. The number of hydrogen-bond acceptors (Lipinski definition) is 5. The smallest absolute Gasteiger partial charge is 0.227 e. The standard InChI is InChI=1S/C21H33N7O2/c1-15-26-27-18(28(15)5)13-24-20(25-14-21(2,3)19(29)22-4)23-12-11-16-7-9-17(30-6)10-8-16/h7-10H,11-14H2,1-6H3,(H,22,29)(H2,23,24,25). The summed E-state index contributed by atoms with van der Waals surface area (Å²) in [6.07, 6.45) is 0.826. The van der Waals surface area contributed by atoms with Crippen molar-refractivity contribution in [3.63, 3.8) is 0 Å². The van der Waals surface area contributed by atoms with E-state index in [0.717, 1.165) is 23.8 Å². The second-order valence-corrected chi connectivity index (χ2v) is 7.73. The van der Waals surface area contributed by atoms with Crippen molar-refractivity contribution in [2.45, 2.75) is 33.7 Å². The molecule has 0 bridgehead atoms. The van der Waals surface area contributed by atoms with Gasteiger partial charge < -0.3 is 25.3 Å². The largest absolute Gasteiger partial charge is 0.497 e. The minimum atomic E-state index is -0.575. The summed E-state index contributed by atoms with van der Waals surface area (Å²) in [4.78, 5) is 16.7. The van der Waals surface area contributed by atoms with Gasteiger partial charge in [0.15, 0.2) is 11.8 Å². The van der Waals surface area contributed by atoms with Gasteiger partial charge >= 0.3 is 0 Å². The average molecular weight is 416 g/mol. The van der Waals surface area contributed by atoms with Crippen molar-refractivity contribution >= 4 is 11.9 Å². The van der Waals surface area contributed by atoms with Gasteiger partial charge in [0, 0.05) is 27.2 Å². The van der Waals surface area contributed by atoms with Crippen molar-refractivity contribution < 1.29 is 9.53 Å². The molecule has 0 aliphatic rings. The molecule has 0 aliphatic carbocycles. The van der Waals surface area contributed by atoms with Crippen molar-refractivity contribution in [2.24, 2.45) is 17.5 Å². The number of benzene rings is 1. The number of rotatable bonds is 9. The molecule has 2 aromatic rings. The summed E-state index contributed by atoms with van der Waals surface area (Å²) in [5, 5.41) is 17.5. The number of methoxy groups -OCH3 is 1. The number of aromatic nitrogens is 3. The van der Waals surface area contributed by atoms with E-state index < -0.39 is 5.41 Å². The Morgan fingerprint density at radius 2 is 1.90 bits per heavy atom. The van der Waals surface area contributed by atoms with E-state index in [1.807, 2.05) is 56.7 Å². The number of aryl methyl sites for hydroxylation is 1. The summed E-state index contributed by atoms with van der Waals surface area (Å²) in [7, 11) is 5.21. The molecule has 0 atom stereocenters. The molecule has 9 nitrogen and oxygen atoms in total. The van der Waals surface area contributed by atoms with E-state index in [4.69, 9.17) is 4.74 Å². The zero-order valence-corrected chi connectivity index (χ0v) is 18.7. The number of carbonyl (C=O) groups excluding carboxylic acids is 1. The number of carbonyl (C=O) groups is 1. The first-order valence-corrected chi connectivity index (χ1v) is 9.99. The third kappa shape index (κ3) is 6.47. The summed E-state index contributed by atoms with van der Waals surface area (Å²) in [6.45, 7) is 7.20. The lowest BCUT2D eigenvalue weighted by molar-refractivity contribution is -0.128. The zero-order valence-electron chi connectivity index (χ0n) is 18.7. The lowest BCUT2D eigenvalue weighted by atomic mass is 9.92. The molecule has 1 aromatic carbocycles. The van der Waals surface area contributed by atoms with E-state index in [0.29, 0.717) is 25.6 Å². The normalized spacial score (nSPS) is 11.9.